The lowest BCUT2D eigenvalue weighted by atomic mass is 10.2. The van der Waals surface area contributed by atoms with Crippen molar-refractivity contribution < 1.29 is 9.90 Å². The topological polar surface area (TPSA) is 49.3 Å². The van der Waals surface area contributed by atoms with Gasteiger partial charge in [-0.1, -0.05) is 17.7 Å². The van der Waals surface area contributed by atoms with Crippen LogP contribution in [0.2, 0.25) is 5.02 Å². The van der Waals surface area contributed by atoms with Gasteiger partial charge in [0.15, 0.2) is 0 Å². The van der Waals surface area contributed by atoms with Crippen molar-refractivity contribution in [2.45, 2.75) is 13.0 Å². The van der Waals surface area contributed by atoms with Gasteiger partial charge in [0.1, 0.15) is 0 Å². The molecule has 3 nitrogen and oxygen atoms in total. The molecule has 1 aromatic carbocycles. The van der Waals surface area contributed by atoms with E-state index in [2.05, 4.69) is 21.2 Å². The van der Waals surface area contributed by atoms with Crippen LogP contribution in [0, 0.1) is 0 Å². The molecule has 0 aliphatic heterocycles. The molecule has 0 radical (unpaired) electrons. The fraction of sp³-hybridized carbons (Fsp3) is 0.300. The van der Waals surface area contributed by atoms with Crippen LogP contribution < -0.4 is 5.32 Å². The highest BCUT2D eigenvalue weighted by Crippen LogP contribution is 2.25. The molecule has 1 rings (SSSR count). The Bertz CT molecular complexity index is 368. The summed E-state index contributed by atoms with van der Waals surface area (Å²) >= 11 is 9.17. The fourth-order valence-electron chi connectivity index (χ4n) is 1.01. The molecule has 1 atom stereocenters. The molecule has 0 heterocycles. The van der Waals surface area contributed by atoms with Crippen LogP contribution in [0.25, 0.3) is 0 Å². The molecule has 0 aromatic heterocycles. The van der Waals surface area contributed by atoms with Gasteiger partial charge in [0, 0.05) is 11.0 Å². The molecule has 0 aliphatic carbocycles. The summed E-state index contributed by atoms with van der Waals surface area (Å²) in [5.41, 5.74) is 0.395. The highest BCUT2D eigenvalue weighted by molar-refractivity contribution is 9.10. The second-order valence-electron chi connectivity index (χ2n) is 3.16. The normalized spacial score (nSPS) is 12.3. The lowest BCUT2D eigenvalue weighted by Crippen LogP contribution is -2.30. The van der Waals surface area contributed by atoms with Crippen molar-refractivity contribution in [2.75, 3.05) is 6.54 Å². The predicted octanol–water partition coefficient (Wildman–Crippen LogP) is 2.21. The van der Waals surface area contributed by atoms with E-state index in [4.69, 9.17) is 16.7 Å². The minimum Gasteiger partial charge on any atom is -0.392 e. The Morgan fingerprint density at radius 2 is 2.33 bits per heavy atom. The van der Waals surface area contributed by atoms with Crippen molar-refractivity contribution in [3.05, 3.63) is 33.3 Å². The van der Waals surface area contributed by atoms with Gasteiger partial charge >= 0.3 is 0 Å². The number of carbonyl (C=O) groups is 1. The molecule has 1 unspecified atom stereocenters. The molecule has 0 spiro atoms. The molecule has 0 saturated carbocycles. The number of benzene rings is 1. The number of halogens is 2. The molecule has 1 aromatic rings. The maximum Gasteiger partial charge on any atom is 0.252 e. The Labute approximate surface area is 102 Å². The molecule has 0 saturated heterocycles. The van der Waals surface area contributed by atoms with Gasteiger partial charge in [0.05, 0.1) is 16.7 Å². The predicted molar refractivity (Wildman–Crippen MR) is 63.2 cm³/mol. The Kier molecular flexibility index (Phi) is 4.57. The van der Waals surface area contributed by atoms with Gasteiger partial charge in [0.2, 0.25) is 0 Å². The average Bonchev–Trinajstić information content (AvgIpc) is 2.18. The van der Waals surface area contributed by atoms with E-state index in [1.807, 2.05) is 0 Å². The van der Waals surface area contributed by atoms with Crippen molar-refractivity contribution >= 4 is 33.4 Å². The van der Waals surface area contributed by atoms with E-state index in [0.29, 0.717) is 15.1 Å². The first-order chi connectivity index (χ1) is 7.02. The molecular formula is C10H11BrClNO2. The molecule has 5 heteroatoms. The lowest BCUT2D eigenvalue weighted by molar-refractivity contribution is 0.0924. The van der Waals surface area contributed by atoms with Crippen molar-refractivity contribution in [3.63, 3.8) is 0 Å². The standard InChI is InChI=1S/C10H11BrClNO2/c1-6(14)5-13-10(15)7-3-2-4-8(11)9(7)12/h2-4,6,14H,5H2,1H3,(H,13,15). The van der Waals surface area contributed by atoms with Crippen LogP contribution in [-0.4, -0.2) is 23.7 Å². The fourth-order valence-corrected chi connectivity index (χ4v) is 1.59. The SMILES string of the molecule is CC(O)CNC(=O)c1cccc(Br)c1Cl. The average molecular weight is 293 g/mol. The van der Waals surface area contributed by atoms with Crippen LogP contribution in [0.3, 0.4) is 0 Å². The third kappa shape index (κ3) is 3.48. The molecule has 0 bridgehead atoms. The summed E-state index contributed by atoms with van der Waals surface area (Å²) in [6.45, 7) is 1.81. The number of nitrogens with one attached hydrogen (secondary N) is 1. The summed E-state index contributed by atoms with van der Waals surface area (Å²) in [6, 6.07) is 5.12. The van der Waals surface area contributed by atoms with Gasteiger partial charge in [0.25, 0.3) is 5.91 Å². The van der Waals surface area contributed by atoms with Crippen LogP contribution in [0.4, 0.5) is 0 Å². The molecule has 15 heavy (non-hydrogen) atoms. The van der Waals surface area contributed by atoms with Crippen molar-refractivity contribution in [2.24, 2.45) is 0 Å². The number of rotatable bonds is 3. The Morgan fingerprint density at radius 3 is 2.93 bits per heavy atom. The zero-order valence-corrected chi connectivity index (χ0v) is 10.5. The number of hydrogen-bond acceptors (Lipinski definition) is 2. The van der Waals surface area contributed by atoms with E-state index >= 15 is 0 Å². The van der Waals surface area contributed by atoms with Crippen molar-refractivity contribution in [1.29, 1.82) is 0 Å². The van der Waals surface area contributed by atoms with Crippen LogP contribution in [0.1, 0.15) is 17.3 Å². The van der Waals surface area contributed by atoms with Gasteiger partial charge in [-0.3, -0.25) is 4.79 Å². The first kappa shape index (κ1) is 12.5. The number of amides is 1. The summed E-state index contributed by atoms with van der Waals surface area (Å²) < 4.78 is 0.675. The molecule has 0 aliphatic rings. The Hall–Kier alpha value is -0.580. The first-order valence-electron chi connectivity index (χ1n) is 4.42. The van der Waals surface area contributed by atoms with Gasteiger partial charge in [-0.2, -0.15) is 0 Å². The first-order valence-corrected chi connectivity index (χ1v) is 5.59. The Morgan fingerprint density at radius 1 is 1.67 bits per heavy atom. The highest BCUT2D eigenvalue weighted by atomic mass is 79.9. The summed E-state index contributed by atoms with van der Waals surface area (Å²) in [4.78, 5) is 11.6. The number of hydrogen-bond donors (Lipinski definition) is 2. The van der Waals surface area contributed by atoms with Crippen LogP contribution in [0.15, 0.2) is 22.7 Å². The minimum atomic E-state index is -0.570. The maximum absolute atomic E-state index is 11.6. The van der Waals surface area contributed by atoms with Gasteiger partial charge in [-0.25, -0.2) is 0 Å². The smallest absolute Gasteiger partial charge is 0.252 e. The van der Waals surface area contributed by atoms with E-state index in [1.165, 1.54) is 0 Å². The molecule has 2 N–H and O–H groups in total. The summed E-state index contributed by atoms with van der Waals surface area (Å²) in [5.74, 6) is -0.290. The van der Waals surface area contributed by atoms with Crippen molar-refractivity contribution in [1.82, 2.24) is 5.32 Å². The van der Waals surface area contributed by atoms with E-state index in [1.54, 1.807) is 25.1 Å². The summed E-state index contributed by atoms with van der Waals surface area (Å²) in [5, 5.41) is 12.0. The summed E-state index contributed by atoms with van der Waals surface area (Å²) in [7, 11) is 0. The Balaban J connectivity index is 2.78. The number of aliphatic hydroxyl groups excluding tert-OH is 1. The van der Waals surface area contributed by atoms with Crippen molar-refractivity contribution in [3.8, 4) is 0 Å². The van der Waals surface area contributed by atoms with E-state index in [-0.39, 0.29) is 12.5 Å². The quantitative estimate of drug-likeness (QED) is 0.897. The number of aliphatic hydroxyl groups is 1. The van der Waals surface area contributed by atoms with E-state index in [9.17, 15) is 4.79 Å². The highest BCUT2D eigenvalue weighted by Gasteiger charge is 2.12. The third-order valence-corrected chi connectivity index (χ3v) is 3.05. The summed E-state index contributed by atoms with van der Waals surface area (Å²) in [6.07, 6.45) is -0.570. The maximum atomic E-state index is 11.6. The number of carbonyl (C=O) groups excluding carboxylic acids is 1. The zero-order valence-electron chi connectivity index (χ0n) is 8.13. The second kappa shape index (κ2) is 5.49. The molecular weight excluding hydrogens is 281 g/mol. The van der Waals surface area contributed by atoms with Crippen LogP contribution in [0.5, 0.6) is 0 Å². The van der Waals surface area contributed by atoms with Gasteiger partial charge in [-0.05, 0) is 35.0 Å². The largest absolute Gasteiger partial charge is 0.392 e. The van der Waals surface area contributed by atoms with E-state index < -0.39 is 6.10 Å². The van der Waals surface area contributed by atoms with Crippen LogP contribution >= 0.6 is 27.5 Å². The second-order valence-corrected chi connectivity index (χ2v) is 4.39. The molecule has 82 valence electrons. The monoisotopic (exact) mass is 291 g/mol. The van der Waals surface area contributed by atoms with Crippen LogP contribution in [-0.2, 0) is 0 Å². The third-order valence-electron chi connectivity index (χ3n) is 1.75. The zero-order chi connectivity index (χ0) is 11.4. The van der Waals surface area contributed by atoms with Gasteiger partial charge in [-0.15, -0.1) is 0 Å². The molecule has 0 fully saturated rings. The van der Waals surface area contributed by atoms with E-state index in [0.717, 1.165) is 0 Å². The molecule has 1 amide bonds. The minimum absolute atomic E-state index is 0.210. The van der Waals surface area contributed by atoms with Gasteiger partial charge < -0.3 is 10.4 Å². The lowest BCUT2D eigenvalue weighted by Gasteiger charge is -2.08.